The first-order valence-electron chi connectivity index (χ1n) is 4.68. The second kappa shape index (κ2) is 5.31. The zero-order valence-electron chi connectivity index (χ0n) is 8.29. The molecule has 82 valence electrons. The summed E-state index contributed by atoms with van der Waals surface area (Å²) in [4.78, 5) is 10.8. The molecule has 4 nitrogen and oxygen atoms in total. The van der Waals surface area contributed by atoms with Crippen LogP contribution in [0.15, 0.2) is 18.2 Å². The number of nitrogens with two attached hydrogens (primary N) is 2. The lowest BCUT2D eigenvalue weighted by Crippen LogP contribution is -2.13. The standard InChI is InChI=1S/C10H14FN3O/c11-8-3-2-7(10(13)15)6-9(8)14-5-1-4-12/h2-3,6,14H,1,4-5,12H2,(H2,13,15). The molecule has 0 radical (unpaired) electrons. The Morgan fingerprint density at radius 1 is 1.47 bits per heavy atom. The van der Waals surface area contributed by atoms with Crippen LogP contribution in [0.25, 0.3) is 0 Å². The van der Waals surface area contributed by atoms with E-state index in [9.17, 15) is 9.18 Å². The number of halogens is 1. The highest BCUT2D eigenvalue weighted by molar-refractivity contribution is 5.93. The van der Waals surface area contributed by atoms with Crippen LogP contribution in [0.4, 0.5) is 10.1 Å². The number of hydrogen-bond acceptors (Lipinski definition) is 3. The molecule has 0 fully saturated rings. The molecule has 0 saturated heterocycles. The number of nitrogens with one attached hydrogen (secondary N) is 1. The number of carbonyl (C=O) groups excluding carboxylic acids is 1. The van der Waals surface area contributed by atoms with Crippen molar-refractivity contribution in [2.45, 2.75) is 6.42 Å². The Kier molecular flexibility index (Phi) is 4.05. The maximum Gasteiger partial charge on any atom is 0.248 e. The van der Waals surface area contributed by atoms with Crippen LogP contribution >= 0.6 is 0 Å². The number of rotatable bonds is 5. The van der Waals surface area contributed by atoms with Gasteiger partial charge >= 0.3 is 0 Å². The van der Waals surface area contributed by atoms with E-state index in [4.69, 9.17) is 11.5 Å². The van der Waals surface area contributed by atoms with Crippen molar-refractivity contribution >= 4 is 11.6 Å². The van der Waals surface area contributed by atoms with Gasteiger partial charge in [0.2, 0.25) is 5.91 Å². The quantitative estimate of drug-likeness (QED) is 0.626. The van der Waals surface area contributed by atoms with Crippen molar-refractivity contribution in [3.8, 4) is 0 Å². The fourth-order valence-electron chi connectivity index (χ4n) is 1.14. The van der Waals surface area contributed by atoms with Crippen LogP contribution in [0.2, 0.25) is 0 Å². The summed E-state index contributed by atoms with van der Waals surface area (Å²) >= 11 is 0. The molecule has 1 aromatic rings. The largest absolute Gasteiger partial charge is 0.383 e. The number of anilines is 1. The Bertz CT molecular complexity index is 355. The lowest BCUT2D eigenvalue weighted by Gasteiger charge is -2.07. The predicted octanol–water partition coefficient (Wildman–Crippen LogP) is 0.685. The van der Waals surface area contributed by atoms with Gasteiger partial charge in [0.25, 0.3) is 0 Å². The molecule has 1 aromatic carbocycles. The van der Waals surface area contributed by atoms with Gasteiger partial charge in [0.1, 0.15) is 5.82 Å². The number of carbonyl (C=O) groups is 1. The normalized spacial score (nSPS) is 10.0. The van der Waals surface area contributed by atoms with E-state index in [1.54, 1.807) is 0 Å². The topological polar surface area (TPSA) is 81.1 Å². The molecule has 1 amide bonds. The first-order valence-corrected chi connectivity index (χ1v) is 4.68. The van der Waals surface area contributed by atoms with Gasteiger partial charge in [-0.15, -0.1) is 0 Å². The van der Waals surface area contributed by atoms with Gasteiger partial charge in [0.05, 0.1) is 5.69 Å². The summed E-state index contributed by atoms with van der Waals surface area (Å²) in [5.41, 5.74) is 10.9. The second-order valence-corrected chi connectivity index (χ2v) is 3.13. The molecular formula is C10H14FN3O. The summed E-state index contributed by atoms with van der Waals surface area (Å²) in [7, 11) is 0. The maximum absolute atomic E-state index is 13.2. The van der Waals surface area contributed by atoms with E-state index in [0.717, 1.165) is 6.42 Å². The van der Waals surface area contributed by atoms with Gasteiger partial charge < -0.3 is 16.8 Å². The second-order valence-electron chi connectivity index (χ2n) is 3.13. The summed E-state index contributed by atoms with van der Waals surface area (Å²) in [6, 6.07) is 3.96. The molecule has 0 aromatic heterocycles. The predicted molar refractivity (Wildman–Crippen MR) is 57.1 cm³/mol. The lowest BCUT2D eigenvalue weighted by atomic mass is 10.2. The summed E-state index contributed by atoms with van der Waals surface area (Å²) in [5.74, 6) is -0.978. The third-order valence-corrected chi connectivity index (χ3v) is 1.95. The van der Waals surface area contributed by atoms with Gasteiger partial charge in [-0.2, -0.15) is 0 Å². The van der Waals surface area contributed by atoms with Gasteiger partial charge in [-0.05, 0) is 31.2 Å². The summed E-state index contributed by atoms with van der Waals surface area (Å²) < 4.78 is 13.2. The first-order chi connectivity index (χ1) is 7.15. The average molecular weight is 211 g/mol. The molecule has 0 aliphatic heterocycles. The fourth-order valence-corrected chi connectivity index (χ4v) is 1.14. The highest BCUT2D eigenvalue weighted by Crippen LogP contribution is 2.15. The van der Waals surface area contributed by atoms with E-state index in [1.807, 2.05) is 0 Å². The minimum atomic E-state index is -0.572. The molecule has 0 bridgehead atoms. The molecule has 5 N–H and O–H groups in total. The molecule has 1 rings (SSSR count). The minimum Gasteiger partial charge on any atom is -0.383 e. The molecule has 0 atom stereocenters. The van der Waals surface area contributed by atoms with Gasteiger partial charge in [-0.3, -0.25) is 4.79 Å². The van der Waals surface area contributed by atoms with E-state index in [2.05, 4.69) is 5.32 Å². The van der Waals surface area contributed by atoms with E-state index in [1.165, 1.54) is 18.2 Å². The Hall–Kier alpha value is -1.62. The maximum atomic E-state index is 13.2. The summed E-state index contributed by atoms with van der Waals surface area (Å²) in [6.45, 7) is 1.10. The smallest absolute Gasteiger partial charge is 0.248 e. The number of amides is 1. The Morgan fingerprint density at radius 2 is 2.20 bits per heavy atom. The molecule has 5 heteroatoms. The van der Waals surface area contributed by atoms with Crippen LogP contribution < -0.4 is 16.8 Å². The van der Waals surface area contributed by atoms with Crippen molar-refractivity contribution in [1.29, 1.82) is 0 Å². The van der Waals surface area contributed by atoms with Crippen molar-refractivity contribution in [3.05, 3.63) is 29.6 Å². The van der Waals surface area contributed by atoms with Crippen LogP contribution in [-0.2, 0) is 0 Å². The minimum absolute atomic E-state index is 0.278. The highest BCUT2D eigenvalue weighted by Gasteiger charge is 2.06. The zero-order valence-corrected chi connectivity index (χ0v) is 8.29. The van der Waals surface area contributed by atoms with Gasteiger partial charge in [-0.1, -0.05) is 0 Å². The van der Waals surface area contributed by atoms with E-state index in [-0.39, 0.29) is 11.3 Å². The zero-order chi connectivity index (χ0) is 11.3. The van der Waals surface area contributed by atoms with Crippen LogP contribution in [0.3, 0.4) is 0 Å². The number of benzene rings is 1. The third-order valence-electron chi connectivity index (χ3n) is 1.95. The molecule has 0 saturated carbocycles. The van der Waals surface area contributed by atoms with E-state index >= 15 is 0 Å². The van der Waals surface area contributed by atoms with Crippen LogP contribution in [0, 0.1) is 5.82 Å². The van der Waals surface area contributed by atoms with E-state index < -0.39 is 11.7 Å². The van der Waals surface area contributed by atoms with Crippen molar-refractivity contribution < 1.29 is 9.18 Å². The summed E-state index contributed by atoms with van der Waals surface area (Å²) in [6.07, 6.45) is 0.736. The van der Waals surface area contributed by atoms with Crippen molar-refractivity contribution in [2.75, 3.05) is 18.4 Å². The average Bonchev–Trinajstić information content (AvgIpc) is 2.20. The third kappa shape index (κ3) is 3.21. The van der Waals surface area contributed by atoms with Crippen LogP contribution in [-0.4, -0.2) is 19.0 Å². The Morgan fingerprint density at radius 3 is 2.80 bits per heavy atom. The Labute approximate surface area is 87.4 Å². The molecule has 0 unspecified atom stereocenters. The van der Waals surface area contributed by atoms with Gasteiger partial charge in [-0.25, -0.2) is 4.39 Å². The molecular weight excluding hydrogens is 197 g/mol. The molecule has 0 aliphatic rings. The van der Waals surface area contributed by atoms with Crippen molar-refractivity contribution in [2.24, 2.45) is 11.5 Å². The Balaban J connectivity index is 2.76. The van der Waals surface area contributed by atoms with Crippen LogP contribution in [0.5, 0.6) is 0 Å². The first kappa shape index (κ1) is 11.5. The van der Waals surface area contributed by atoms with Gasteiger partial charge in [0, 0.05) is 12.1 Å². The monoisotopic (exact) mass is 211 g/mol. The van der Waals surface area contributed by atoms with Crippen molar-refractivity contribution in [3.63, 3.8) is 0 Å². The molecule has 15 heavy (non-hydrogen) atoms. The van der Waals surface area contributed by atoms with Crippen molar-refractivity contribution in [1.82, 2.24) is 0 Å². The lowest BCUT2D eigenvalue weighted by molar-refractivity contribution is 0.100. The fraction of sp³-hybridized carbons (Fsp3) is 0.300. The highest BCUT2D eigenvalue weighted by atomic mass is 19.1. The number of hydrogen-bond donors (Lipinski definition) is 3. The van der Waals surface area contributed by atoms with Gasteiger partial charge in [0.15, 0.2) is 0 Å². The number of primary amides is 1. The molecule has 0 spiro atoms. The SMILES string of the molecule is NCCCNc1cc(C(N)=O)ccc1F. The van der Waals surface area contributed by atoms with Crippen LogP contribution in [0.1, 0.15) is 16.8 Å². The molecule has 0 heterocycles. The van der Waals surface area contributed by atoms with E-state index in [0.29, 0.717) is 13.1 Å². The summed E-state index contributed by atoms with van der Waals surface area (Å²) in [5, 5.41) is 2.85. The molecule has 0 aliphatic carbocycles.